The molecule has 2 unspecified atom stereocenters. The first-order valence-corrected chi connectivity index (χ1v) is 5.18. The molecule has 0 radical (unpaired) electrons. The fourth-order valence-electron chi connectivity index (χ4n) is 2.10. The van der Waals surface area contributed by atoms with Crippen LogP contribution >= 0.6 is 0 Å². The molecule has 12 heavy (non-hydrogen) atoms. The zero-order chi connectivity index (χ0) is 8.97. The Bertz CT molecular complexity index is 125. The van der Waals surface area contributed by atoms with Gasteiger partial charge in [-0.15, -0.1) is 0 Å². The molecule has 0 aromatic heterocycles. The van der Waals surface area contributed by atoms with Crippen molar-refractivity contribution in [2.75, 3.05) is 26.2 Å². The van der Waals surface area contributed by atoms with Crippen LogP contribution in [0.25, 0.3) is 0 Å². The molecule has 1 N–H and O–H groups in total. The summed E-state index contributed by atoms with van der Waals surface area (Å²) in [4.78, 5) is 2.59. The highest BCUT2D eigenvalue weighted by Gasteiger charge is 2.24. The van der Waals surface area contributed by atoms with Crippen LogP contribution in [-0.2, 0) is 0 Å². The van der Waals surface area contributed by atoms with Crippen LogP contribution in [0.2, 0.25) is 0 Å². The summed E-state index contributed by atoms with van der Waals surface area (Å²) in [7, 11) is 0. The van der Waals surface area contributed by atoms with Crippen molar-refractivity contribution in [3.8, 4) is 0 Å². The highest BCUT2D eigenvalue weighted by atomic mass is 15.2. The second-order valence-corrected chi connectivity index (χ2v) is 4.04. The van der Waals surface area contributed by atoms with Crippen molar-refractivity contribution < 1.29 is 0 Å². The number of hydrogen-bond acceptors (Lipinski definition) is 2. The van der Waals surface area contributed by atoms with Crippen LogP contribution in [0.15, 0.2) is 0 Å². The normalized spacial score (nSPS) is 31.2. The quantitative estimate of drug-likeness (QED) is 0.640. The predicted molar refractivity (Wildman–Crippen MR) is 53.4 cm³/mol. The molecule has 1 aliphatic rings. The molecular weight excluding hydrogens is 148 g/mol. The molecule has 0 spiro atoms. The van der Waals surface area contributed by atoms with Crippen molar-refractivity contribution in [3.05, 3.63) is 0 Å². The van der Waals surface area contributed by atoms with Gasteiger partial charge >= 0.3 is 0 Å². The second-order valence-electron chi connectivity index (χ2n) is 4.04. The zero-order valence-electron chi connectivity index (χ0n) is 8.64. The Morgan fingerprint density at radius 3 is 2.67 bits per heavy atom. The lowest BCUT2D eigenvalue weighted by Crippen LogP contribution is -2.34. The van der Waals surface area contributed by atoms with Gasteiger partial charge in [-0.25, -0.2) is 0 Å². The molecular formula is C10H22N2. The Morgan fingerprint density at radius 1 is 1.42 bits per heavy atom. The molecule has 2 heteroatoms. The molecule has 0 aliphatic carbocycles. The van der Waals surface area contributed by atoms with Gasteiger partial charge in [0, 0.05) is 25.7 Å². The molecule has 2 atom stereocenters. The fraction of sp³-hybridized carbons (Fsp3) is 1.00. The summed E-state index contributed by atoms with van der Waals surface area (Å²) in [5, 5.41) is 3.37. The average Bonchev–Trinajstić information content (AvgIpc) is 2.31. The maximum atomic E-state index is 3.37. The maximum absolute atomic E-state index is 3.37. The van der Waals surface area contributed by atoms with E-state index in [9.17, 15) is 0 Å². The summed E-state index contributed by atoms with van der Waals surface area (Å²) < 4.78 is 0. The van der Waals surface area contributed by atoms with Crippen molar-refractivity contribution in [1.82, 2.24) is 10.2 Å². The molecule has 1 rings (SSSR count). The van der Waals surface area contributed by atoms with Crippen molar-refractivity contribution in [2.24, 2.45) is 5.92 Å². The summed E-state index contributed by atoms with van der Waals surface area (Å²) in [6.07, 6.45) is 1.38. The summed E-state index contributed by atoms with van der Waals surface area (Å²) in [6.45, 7) is 11.6. The molecule has 1 heterocycles. The topological polar surface area (TPSA) is 15.3 Å². The Kier molecular flexibility index (Phi) is 4.02. The van der Waals surface area contributed by atoms with Crippen molar-refractivity contribution in [2.45, 2.75) is 33.2 Å². The molecule has 0 saturated carbocycles. The third-order valence-corrected chi connectivity index (χ3v) is 2.74. The van der Waals surface area contributed by atoms with E-state index in [4.69, 9.17) is 0 Å². The van der Waals surface area contributed by atoms with Gasteiger partial charge in [-0.2, -0.15) is 0 Å². The van der Waals surface area contributed by atoms with Crippen LogP contribution in [0.1, 0.15) is 27.2 Å². The average molecular weight is 170 g/mol. The van der Waals surface area contributed by atoms with Gasteiger partial charge in [0.25, 0.3) is 0 Å². The minimum atomic E-state index is 0.804. The minimum absolute atomic E-state index is 0.804. The van der Waals surface area contributed by atoms with E-state index in [2.05, 4.69) is 31.0 Å². The number of rotatable bonds is 4. The number of likely N-dealkylation sites (tertiary alicyclic amines) is 1. The fourth-order valence-corrected chi connectivity index (χ4v) is 2.10. The van der Waals surface area contributed by atoms with E-state index in [1.54, 1.807) is 0 Å². The van der Waals surface area contributed by atoms with E-state index in [0.717, 1.165) is 25.0 Å². The highest BCUT2D eigenvalue weighted by molar-refractivity contribution is 4.80. The van der Waals surface area contributed by atoms with Gasteiger partial charge in [-0.3, -0.25) is 4.90 Å². The molecule has 1 saturated heterocycles. The van der Waals surface area contributed by atoms with Crippen molar-refractivity contribution in [1.29, 1.82) is 0 Å². The number of hydrogen-bond donors (Lipinski definition) is 1. The van der Waals surface area contributed by atoms with Gasteiger partial charge in [-0.1, -0.05) is 13.8 Å². The molecule has 0 aromatic carbocycles. The third kappa shape index (κ3) is 2.76. The van der Waals surface area contributed by atoms with E-state index >= 15 is 0 Å². The number of likely N-dealkylation sites (N-methyl/N-ethyl adjacent to an activating group) is 1. The van der Waals surface area contributed by atoms with Crippen LogP contribution in [-0.4, -0.2) is 37.1 Å². The summed E-state index contributed by atoms with van der Waals surface area (Å²) >= 11 is 0. The van der Waals surface area contributed by atoms with Crippen molar-refractivity contribution >= 4 is 0 Å². The number of nitrogens with zero attached hydrogens (tertiary/aromatic N) is 1. The standard InChI is InChI=1S/C10H22N2/c1-4-11-5-6-12-8-9(2)7-10(12)3/h9-11H,4-8H2,1-3H3. The lowest BCUT2D eigenvalue weighted by Gasteiger charge is -2.20. The van der Waals surface area contributed by atoms with E-state index in [1.807, 2.05) is 0 Å². The molecule has 0 bridgehead atoms. The Morgan fingerprint density at radius 2 is 2.17 bits per heavy atom. The molecule has 2 nitrogen and oxygen atoms in total. The van der Waals surface area contributed by atoms with E-state index in [0.29, 0.717) is 0 Å². The van der Waals surface area contributed by atoms with Gasteiger partial charge in [0.2, 0.25) is 0 Å². The molecule has 1 aliphatic heterocycles. The number of nitrogens with one attached hydrogen (secondary N) is 1. The van der Waals surface area contributed by atoms with Crippen molar-refractivity contribution in [3.63, 3.8) is 0 Å². The highest BCUT2D eigenvalue weighted by Crippen LogP contribution is 2.21. The van der Waals surface area contributed by atoms with Gasteiger partial charge in [0.15, 0.2) is 0 Å². The van der Waals surface area contributed by atoms with E-state index in [-0.39, 0.29) is 0 Å². The lowest BCUT2D eigenvalue weighted by atomic mass is 10.1. The molecule has 1 fully saturated rings. The zero-order valence-corrected chi connectivity index (χ0v) is 8.64. The largest absolute Gasteiger partial charge is 0.316 e. The first kappa shape index (κ1) is 10.0. The third-order valence-electron chi connectivity index (χ3n) is 2.74. The summed E-state index contributed by atoms with van der Waals surface area (Å²) in [5.74, 6) is 0.904. The summed E-state index contributed by atoms with van der Waals surface area (Å²) in [5.41, 5.74) is 0. The first-order valence-electron chi connectivity index (χ1n) is 5.18. The van der Waals surface area contributed by atoms with E-state index in [1.165, 1.54) is 19.5 Å². The predicted octanol–water partition coefficient (Wildman–Crippen LogP) is 1.33. The van der Waals surface area contributed by atoms with Crippen LogP contribution in [0, 0.1) is 5.92 Å². The van der Waals surface area contributed by atoms with Crippen LogP contribution in [0.4, 0.5) is 0 Å². The van der Waals surface area contributed by atoms with Gasteiger partial charge in [0.05, 0.1) is 0 Å². The first-order chi connectivity index (χ1) is 5.74. The Balaban J connectivity index is 2.15. The molecule has 0 amide bonds. The van der Waals surface area contributed by atoms with Gasteiger partial charge < -0.3 is 5.32 Å². The van der Waals surface area contributed by atoms with Gasteiger partial charge in [0.1, 0.15) is 0 Å². The smallest absolute Gasteiger partial charge is 0.0110 e. The van der Waals surface area contributed by atoms with Crippen LogP contribution in [0.3, 0.4) is 0 Å². The monoisotopic (exact) mass is 170 g/mol. The van der Waals surface area contributed by atoms with Crippen LogP contribution in [0.5, 0.6) is 0 Å². The summed E-state index contributed by atoms with van der Waals surface area (Å²) in [6, 6.07) is 0.804. The lowest BCUT2D eigenvalue weighted by molar-refractivity contribution is 0.265. The SMILES string of the molecule is CCNCCN1CC(C)CC1C. The van der Waals surface area contributed by atoms with Crippen LogP contribution < -0.4 is 5.32 Å². The minimum Gasteiger partial charge on any atom is -0.316 e. The second kappa shape index (κ2) is 4.83. The van der Waals surface area contributed by atoms with Gasteiger partial charge in [-0.05, 0) is 25.8 Å². The molecule has 72 valence electrons. The Labute approximate surface area is 76.3 Å². The van der Waals surface area contributed by atoms with E-state index < -0.39 is 0 Å². The molecule has 0 aromatic rings. The Hall–Kier alpha value is -0.0800. The maximum Gasteiger partial charge on any atom is 0.0110 e.